The number of hydrogen-bond donors (Lipinski definition) is 1. The van der Waals surface area contributed by atoms with Crippen molar-refractivity contribution in [2.24, 2.45) is 0 Å². The number of amides is 1. The van der Waals surface area contributed by atoms with Crippen LogP contribution in [0.15, 0.2) is 48.5 Å². The van der Waals surface area contributed by atoms with Gasteiger partial charge in [0.2, 0.25) is 0 Å². The van der Waals surface area contributed by atoms with Crippen LogP contribution < -0.4 is 14.8 Å². The lowest BCUT2D eigenvalue weighted by atomic mass is 10.1. The Bertz CT molecular complexity index is 690. The fourth-order valence-electron chi connectivity index (χ4n) is 2.30. The van der Waals surface area contributed by atoms with E-state index in [1.165, 1.54) is 11.1 Å². The maximum atomic E-state index is 12.1. The van der Waals surface area contributed by atoms with Crippen molar-refractivity contribution >= 4 is 17.7 Å². The zero-order valence-corrected chi connectivity index (χ0v) is 15.8. The van der Waals surface area contributed by atoms with Gasteiger partial charge in [-0.15, -0.1) is 0 Å². The Balaban J connectivity index is 1.70. The number of aryl methyl sites for hydroxylation is 1. The van der Waals surface area contributed by atoms with E-state index in [4.69, 9.17) is 9.47 Å². The second-order valence-electron chi connectivity index (χ2n) is 5.68. The molecule has 0 saturated heterocycles. The molecule has 0 saturated carbocycles. The third kappa shape index (κ3) is 6.02. The Morgan fingerprint density at radius 1 is 1.12 bits per heavy atom. The molecule has 1 atom stereocenters. The van der Waals surface area contributed by atoms with Gasteiger partial charge in [-0.05, 0) is 37.1 Å². The van der Waals surface area contributed by atoms with Crippen LogP contribution in [0.5, 0.6) is 11.5 Å². The summed E-state index contributed by atoms with van der Waals surface area (Å²) in [5.74, 6) is 2.89. The first-order valence-corrected chi connectivity index (χ1v) is 9.47. The number of ether oxygens (including phenoxy) is 2. The van der Waals surface area contributed by atoms with E-state index >= 15 is 0 Å². The lowest BCUT2D eigenvalue weighted by Gasteiger charge is -2.16. The third-order valence-corrected chi connectivity index (χ3v) is 4.81. The van der Waals surface area contributed by atoms with E-state index in [-0.39, 0.29) is 5.91 Å². The van der Waals surface area contributed by atoms with Crippen LogP contribution >= 0.6 is 11.8 Å². The highest BCUT2D eigenvalue weighted by atomic mass is 32.2. The first kappa shape index (κ1) is 19.2. The largest absolute Gasteiger partial charge is 0.493 e. The number of para-hydroxylation sites is 2. The van der Waals surface area contributed by atoms with Gasteiger partial charge in [-0.25, -0.2) is 0 Å². The van der Waals surface area contributed by atoms with Gasteiger partial charge in [0, 0.05) is 18.1 Å². The molecule has 0 bridgehead atoms. The standard InChI is InChI=1S/C20H25NO3S/c1-15-8-4-5-9-17(15)14-25-13-12-21-20(22)16(2)24-19-11-7-6-10-18(19)23-3/h4-11,16H,12-14H2,1-3H3,(H,21,22)/t16-/m0/s1. The minimum atomic E-state index is -0.572. The quantitative estimate of drug-likeness (QED) is 0.692. The average molecular weight is 359 g/mol. The molecule has 2 aromatic carbocycles. The van der Waals surface area contributed by atoms with E-state index in [9.17, 15) is 4.79 Å². The van der Waals surface area contributed by atoms with Crippen LogP contribution in [0.2, 0.25) is 0 Å². The van der Waals surface area contributed by atoms with Crippen molar-refractivity contribution in [2.45, 2.75) is 25.7 Å². The fourth-order valence-corrected chi connectivity index (χ4v) is 3.24. The summed E-state index contributed by atoms with van der Waals surface area (Å²) in [5.41, 5.74) is 2.64. The van der Waals surface area contributed by atoms with Crippen LogP contribution in [0.4, 0.5) is 0 Å². The molecule has 4 nitrogen and oxygen atoms in total. The van der Waals surface area contributed by atoms with Crippen molar-refractivity contribution in [2.75, 3.05) is 19.4 Å². The van der Waals surface area contributed by atoms with Gasteiger partial charge in [-0.2, -0.15) is 11.8 Å². The molecule has 0 unspecified atom stereocenters. The Morgan fingerprint density at radius 3 is 2.52 bits per heavy atom. The molecule has 1 N–H and O–H groups in total. The first-order valence-electron chi connectivity index (χ1n) is 8.31. The lowest BCUT2D eigenvalue weighted by molar-refractivity contribution is -0.127. The minimum Gasteiger partial charge on any atom is -0.493 e. The van der Waals surface area contributed by atoms with Crippen LogP contribution in [0.25, 0.3) is 0 Å². The van der Waals surface area contributed by atoms with E-state index in [1.54, 1.807) is 20.1 Å². The van der Waals surface area contributed by atoms with E-state index in [1.807, 2.05) is 36.0 Å². The highest BCUT2D eigenvalue weighted by Gasteiger charge is 2.16. The van der Waals surface area contributed by atoms with Gasteiger partial charge in [-0.3, -0.25) is 4.79 Å². The number of rotatable bonds is 9. The Labute approximate surface area is 153 Å². The SMILES string of the molecule is COc1ccccc1O[C@@H](C)C(=O)NCCSCc1ccccc1C. The normalized spacial score (nSPS) is 11.6. The van der Waals surface area contributed by atoms with Gasteiger partial charge in [0.1, 0.15) is 0 Å². The fraction of sp³-hybridized carbons (Fsp3) is 0.350. The van der Waals surface area contributed by atoms with Crippen molar-refractivity contribution in [3.05, 3.63) is 59.7 Å². The van der Waals surface area contributed by atoms with Gasteiger partial charge in [0.15, 0.2) is 17.6 Å². The van der Waals surface area contributed by atoms with Gasteiger partial charge in [0.25, 0.3) is 5.91 Å². The number of methoxy groups -OCH3 is 1. The van der Waals surface area contributed by atoms with Crippen LogP contribution in [-0.4, -0.2) is 31.4 Å². The predicted molar refractivity (Wildman–Crippen MR) is 103 cm³/mol. The molecule has 25 heavy (non-hydrogen) atoms. The molecule has 0 radical (unpaired) electrons. The molecule has 5 heteroatoms. The maximum Gasteiger partial charge on any atom is 0.260 e. The monoisotopic (exact) mass is 359 g/mol. The third-order valence-electron chi connectivity index (χ3n) is 3.81. The van der Waals surface area contributed by atoms with Crippen molar-refractivity contribution in [3.8, 4) is 11.5 Å². The molecule has 2 aromatic rings. The lowest BCUT2D eigenvalue weighted by Crippen LogP contribution is -2.37. The minimum absolute atomic E-state index is 0.123. The molecule has 0 aromatic heterocycles. The van der Waals surface area contributed by atoms with Gasteiger partial charge in [-0.1, -0.05) is 36.4 Å². The van der Waals surface area contributed by atoms with Crippen molar-refractivity contribution in [3.63, 3.8) is 0 Å². The Hall–Kier alpha value is -2.14. The summed E-state index contributed by atoms with van der Waals surface area (Å²) in [5, 5.41) is 2.92. The topological polar surface area (TPSA) is 47.6 Å². The molecular formula is C20H25NO3S. The second kappa shape index (κ2) is 9.99. The summed E-state index contributed by atoms with van der Waals surface area (Å²) in [6, 6.07) is 15.7. The van der Waals surface area contributed by atoms with Gasteiger partial charge < -0.3 is 14.8 Å². The molecule has 0 aliphatic carbocycles. The average Bonchev–Trinajstić information content (AvgIpc) is 2.63. The van der Waals surface area contributed by atoms with Gasteiger partial charge in [0.05, 0.1) is 7.11 Å². The van der Waals surface area contributed by atoms with Crippen molar-refractivity contribution < 1.29 is 14.3 Å². The predicted octanol–water partition coefficient (Wildman–Crippen LogP) is 3.82. The summed E-state index contributed by atoms with van der Waals surface area (Å²) < 4.78 is 10.9. The van der Waals surface area contributed by atoms with Crippen LogP contribution in [0.1, 0.15) is 18.1 Å². The number of thioether (sulfide) groups is 1. The number of carbonyl (C=O) groups excluding carboxylic acids is 1. The van der Waals surface area contributed by atoms with E-state index < -0.39 is 6.10 Å². The van der Waals surface area contributed by atoms with E-state index in [2.05, 4.69) is 30.4 Å². The molecule has 0 aliphatic heterocycles. The molecule has 0 spiro atoms. The summed E-state index contributed by atoms with van der Waals surface area (Å²) in [6.07, 6.45) is -0.572. The van der Waals surface area contributed by atoms with Crippen molar-refractivity contribution in [1.82, 2.24) is 5.32 Å². The zero-order valence-electron chi connectivity index (χ0n) is 15.0. The van der Waals surface area contributed by atoms with Crippen LogP contribution in [-0.2, 0) is 10.5 Å². The second-order valence-corrected chi connectivity index (χ2v) is 6.79. The number of nitrogens with one attached hydrogen (secondary N) is 1. The van der Waals surface area contributed by atoms with Gasteiger partial charge >= 0.3 is 0 Å². The summed E-state index contributed by atoms with van der Waals surface area (Å²) in [7, 11) is 1.58. The summed E-state index contributed by atoms with van der Waals surface area (Å²) in [6.45, 7) is 4.48. The Morgan fingerprint density at radius 2 is 1.80 bits per heavy atom. The van der Waals surface area contributed by atoms with E-state index in [0.717, 1.165) is 11.5 Å². The summed E-state index contributed by atoms with van der Waals surface area (Å²) >= 11 is 1.81. The van der Waals surface area contributed by atoms with Crippen LogP contribution in [0.3, 0.4) is 0 Å². The summed E-state index contributed by atoms with van der Waals surface area (Å²) in [4.78, 5) is 12.1. The molecule has 0 heterocycles. The number of benzene rings is 2. The molecule has 1 amide bonds. The zero-order chi connectivity index (χ0) is 18.1. The number of hydrogen-bond acceptors (Lipinski definition) is 4. The molecule has 2 rings (SSSR count). The molecule has 0 fully saturated rings. The maximum absolute atomic E-state index is 12.1. The molecule has 0 aliphatic rings. The highest BCUT2D eigenvalue weighted by molar-refractivity contribution is 7.98. The van der Waals surface area contributed by atoms with E-state index in [0.29, 0.717) is 18.0 Å². The molecular weight excluding hydrogens is 334 g/mol. The van der Waals surface area contributed by atoms with Crippen LogP contribution in [0, 0.1) is 6.92 Å². The molecule has 134 valence electrons. The highest BCUT2D eigenvalue weighted by Crippen LogP contribution is 2.26. The number of carbonyl (C=O) groups is 1. The Kier molecular flexibility index (Phi) is 7.67. The smallest absolute Gasteiger partial charge is 0.260 e. The first-order chi connectivity index (χ1) is 12.1. The van der Waals surface area contributed by atoms with Crippen molar-refractivity contribution in [1.29, 1.82) is 0 Å².